The third kappa shape index (κ3) is 2.72. The third-order valence-corrected chi connectivity index (χ3v) is 6.23. The first-order valence-corrected chi connectivity index (χ1v) is 9.72. The Morgan fingerprint density at radius 3 is 1.85 bits per heavy atom. The summed E-state index contributed by atoms with van der Waals surface area (Å²) in [4.78, 5) is 0. The molecule has 27 heavy (non-hydrogen) atoms. The summed E-state index contributed by atoms with van der Waals surface area (Å²) < 4.78 is 13.8. The van der Waals surface area contributed by atoms with Gasteiger partial charge in [-0.2, -0.15) is 0 Å². The summed E-state index contributed by atoms with van der Waals surface area (Å²) in [5.74, 6) is 0. The number of hydrogen-bond donors (Lipinski definition) is 0. The Labute approximate surface area is 162 Å². The van der Waals surface area contributed by atoms with Crippen molar-refractivity contribution in [3.05, 3.63) is 91.0 Å². The normalized spacial score (nSPS) is 11.0. The Morgan fingerprint density at radius 2 is 1.19 bits per heavy atom. The van der Waals surface area contributed by atoms with E-state index in [1.807, 2.05) is 35.6 Å². The molecule has 1 nitrogen and oxygen atoms in total. The Morgan fingerprint density at radius 1 is 0.593 bits per heavy atom. The molecule has 0 aliphatic carbocycles. The summed E-state index contributed by atoms with van der Waals surface area (Å²) in [6, 6.07) is 31.3. The van der Waals surface area contributed by atoms with E-state index in [1.54, 1.807) is 0 Å². The average Bonchev–Trinajstić information content (AvgIpc) is 3.13. The SMILES string of the molecule is O=Bc1cccc(-c2cccc3c2sc2c(-c4ccccc4)cccc23)c1. The summed E-state index contributed by atoms with van der Waals surface area (Å²) in [5, 5.41) is 2.55. The van der Waals surface area contributed by atoms with Crippen molar-refractivity contribution in [1.82, 2.24) is 0 Å². The van der Waals surface area contributed by atoms with Crippen LogP contribution in [0.5, 0.6) is 0 Å². The predicted octanol–water partition coefficient (Wildman–Crippen LogP) is 6.06. The molecule has 0 saturated heterocycles. The second-order valence-electron chi connectivity index (χ2n) is 6.58. The predicted molar refractivity (Wildman–Crippen MR) is 116 cm³/mol. The van der Waals surface area contributed by atoms with Crippen LogP contribution < -0.4 is 5.46 Å². The van der Waals surface area contributed by atoms with Crippen molar-refractivity contribution in [2.45, 2.75) is 0 Å². The number of hydrogen-bond acceptors (Lipinski definition) is 2. The molecule has 5 rings (SSSR count). The van der Waals surface area contributed by atoms with E-state index in [1.165, 1.54) is 36.9 Å². The first-order valence-electron chi connectivity index (χ1n) is 8.90. The van der Waals surface area contributed by atoms with E-state index >= 15 is 0 Å². The Hall–Kier alpha value is -3.04. The topological polar surface area (TPSA) is 17.1 Å². The molecule has 0 N–H and O–H groups in total. The van der Waals surface area contributed by atoms with Crippen molar-refractivity contribution >= 4 is 44.1 Å². The van der Waals surface area contributed by atoms with Crippen LogP contribution in [-0.4, -0.2) is 7.15 Å². The molecule has 0 radical (unpaired) electrons. The van der Waals surface area contributed by atoms with Crippen molar-refractivity contribution in [2.24, 2.45) is 0 Å². The van der Waals surface area contributed by atoms with E-state index in [0.29, 0.717) is 5.46 Å². The monoisotopic (exact) mass is 362 g/mol. The fourth-order valence-electron chi connectivity index (χ4n) is 3.67. The minimum atomic E-state index is 0.704. The van der Waals surface area contributed by atoms with Gasteiger partial charge in [-0.3, -0.25) is 0 Å². The molecule has 0 fully saturated rings. The van der Waals surface area contributed by atoms with Gasteiger partial charge in [0.05, 0.1) is 0 Å². The molecule has 0 amide bonds. The van der Waals surface area contributed by atoms with Gasteiger partial charge in [0, 0.05) is 0 Å². The Balaban J connectivity index is 1.82. The van der Waals surface area contributed by atoms with Gasteiger partial charge in [-0.05, 0) is 0 Å². The van der Waals surface area contributed by atoms with Crippen LogP contribution >= 0.6 is 11.3 Å². The molecule has 5 aromatic rings. The quantitative estimate of drug-likeness (QED) is 0.356. The number of thiophene rings is 1. The second kappa shape index (κ2) is 6.60. The zero-order valence-corrected chi connectivity index (χ0v) is 15.4. The van der Waals surface area contributed by atoms with E-state index in [9.17, 15) is 4.70 Å². The van der Waals surface area contributed by atoms with E-state index in [0.717, 1.165) is 12.7 Å². The maximum absolute atomic E-state index is 11.2. The zero-order valence-electron chi connectivity index (χ0n) is 14.6. The molecule has 3 heteroatoms. The van der Waals surface area contributed by atoms with Crippen molar-refractivity contribution in [3.63, 3.8) is 0 Å². The Kier molecular flexibility index (Phi) is 3.95. The summed E-state index contributed by atoms with van der Waals surface area (Å²) in [7, 11) is 0.905. The van der Waals surface area contributed by atoms with Crippen molar-refractivity contribution in [1.29, 1.82) is 0 Å². The zero-order chi connectivity index (χ0) is 18.2. The maximum atomic E-state index is 11.2. The van der Waals surface area contributed by atoms with Gasteiger partial charge in [0.1, 0.15) is 0 Å². The number of rotatable bonds is 3. The van der Waals surface area contributed by atoms with Gasteiger partial charge in [-0.15, -0.1) is 0 Å². The molecular formula is C24H15BOS. The molecule has 0 saturated carbocycles. The van der Waals surface area contributed by atoms with E-state index < -0.39 is 0 Å². The van der Waals surface area contributed by atoms with Crippen LogP contribution in [0.15, 0.2) is 91.0 Å². The Bertz CT molecular complexity index is 1290. The number of benzene rings is 4. The van der Waals surface area contributed by atoms with Crippen LogP contribution in [0.2, 0.25) is 0 Å². The molecule has 0 atom stereocenters. The first kappa shape index (κ1) is 16.2. The second-order valence-corrected chi connectivity index (χ2v) is 7.60. The van der Waals surface area contributed by atoms with Gasteiger partial charge < -0.3 is 0 Å². The van der Waals surface area contributed by atoms with Crippen molar-refractivity contribution in [3.8, 4) is 22.3 Å². The summed E-state index contributed by atoms with van der Waals surface area (Å²) in [5.41, 5.74) is 5.46. The molecule has 1 heterocycles. The van der Waals surface area contributed by atoms with Crippen LogP contribution in [0.1, 0.15) is 0 Å². The third-order valence-electron chi connectivity index (χ3n) is 4.94. The summed E-state index contributed by atoms with van der Waals surface area (Å²) >= 11 is 1.83. The van der Waals surface area contributed by atoms with E-state index in [4.69, 9.17) is 0 Å². The molecule has 0 aliphatic rings. The van der Waals surface area contributed by atoms with Crippen LogP contribution in [0.3, 0.4) is 0 Å². The fraction of sp³-hybridized carbons (Fsp3) is 0. The van der Waals surface area contributed by atoms with Crippen LogP contribution in [-0.2, 0) is 4.70 Å². The van der Waals surface area contributed by atoms with Gasteiger partial charge in [0.2, 0.25) is 0 Å². The molecule has 4 aromatic carbocycles. The summed E-state index contributed by atoms with van der Waals surface area (Å²) in [6.07, 6.45) is 0. The minimum absolute atomic E-state index is 0.704. The van der Waals surface area contributed by atoms with Gasteiger partial charge in [0.25, 0.3) is 0 Å². The molecule has 0 unspecified atom stereocenters. The molecule has 0 aliphatic heterocycles. The standard InChI is InChI=1S/C24H15BOS/c26-25-18-10-4-9-17(15-18)20-12-6-14-22-21-13-5-11-19(23(21)27-24(20)22)16-7-2-1-3-8-16/h1-15H. The molecule has 1 aromatic heterocycles. The van der Waals surface area contributed by atoms with Crippen molar-refractivity contribution in [2.75, 3.05) is 0 Å². The van der Waals surface area contributed by atoms with E-state index in [2.05, 4.69) is 66.7 Å². The summed E-state index contributed by atoms with van der Waals surface area (Å²) in [6.45, 7) is 0. The molecule has 0 bridgehead atoms. The molecule has 0 spiro atoms. The van der Waals surface area contributed by atoms with Gasteiger partial charge in [-0.1, -0.05) is 0 Å². The van der Waals surface area contributed by atoms with Crippen LogP contribution in [0.4, 0.5) is 0 Å². The van der Waals surface area contributed by atoms with Gasteiger partial charge in [0.15, 0.2) is 0 Å². The fourth-order valence-corrected chi connectivity index (χ4v) is 5.04. The average molecular weight is 362 g/mol. The van der Waals surface area contributed by atoms with Gasteiger partial charge in [-0.25, -0.2) is 0 Å². The number of fused-ring (bicyclic) bond motifs is 3. The van der Waals surface area contributed by atoms with Gasteiger partial charge >= 0.3 is 162 Å². The van der Waals surface area contributed by atoms with Crippen molar-refractivity contribution < 1.29 is 4.70 Å². The van der Waals surface area contributed by atoms with Crippen LogP contribution in [0.25, 0.3) is 42.4 Å². The molecule has 126 valence electrons. The van der Waals surface area contributed by atoms with E-state index in [-0.39, 0.29) is 0 Å². The first-order chi connectivity index (χ1) is 13.3. The molecular weight excluding hydrogens is 347 g/mol. The van der Waals surface area contributed by atoms with Crippen LogP contribution in [0, 0.1) is 0 Å².